The van der Waals surface area contributed by atoms with Crippen molar-refractivity contribution in [2.75, 3.05) is 13.7 Å². The molecule has 1 aliphatic carbocycles. The van der Waals surface area contributed by atoms with Crippen LogP contribution in [0.2, 0.25) is 0 Å². The predicted molar refractivity (Wildman–Crippen MR) is 77.1 cm³/mol. The average molecular weight is 279 g/mol. The number of nitrogens with zero attached hydrogens (tertiary/aromatic N) is 3. The summed E-state index contributed by atoms with van der Waals surface area (Å²) in [5.74, 6) is 1.62. The Morgan fingerprint density at radius 3 is 3.00 bits per heavy atom. The molecule has 0 spiro atoms. The molecule has 0 saturated heterocycles. The number of imidazole rings is 1. The van der Waals surface area contributed by atoms with Gasteiger partial charge in [0.15, 0.2) is 0 Å². The van der Waals surface area contributed by atoms with Gasteiger partial charge in [0.05, 0.1) is 12.6 Å². The van der Waals surface area contributed by atoms with Gasteiger partial charge in [-0.3, -0.25) is 4.79 Å². The molecule has 1 saturated carbocycles. The summed E-state index contributed by atoms with van der Waals surface area (Å²) in [5, 5.41) is 0. The van der Waals surface area contributed by atoms with Gasteiger partial charge in [0.2, 0.25) is 5.91 Å². The molecule has 5 nitrogen and oxygen atoms in total. The maximum Gasteiger partial charge on any atom is 0.248 e. The predicted octanol–water partition coefficient (Wildman–Crippen LogP) is 1.97. The fourth-order valence-electron chi connectivity index (χ4n) is 2.68. The highest BCUT2D eigenvalue weighted by molar-refractivity contribution is 5.77. The van der Waals surface area contributed by atoms with E-state index in [1.807, 2.05) is 17.8 Å². The molecule has 0 N–H and O–H groups in total. The molecule has 1 amide bonds. The number of ether oxygens (including phenoxy) is 1. The van der Waals surface area contributed by atoms with Gasteiger partial charge < -0.3 is 14.2 Å². The van der Waals surface area contributed by atoms with E-state index in [-0.39, 0.29) is 18.6 Å². The van der Waals surface area contributed by atoms with E-state index in [0.29, 0.717) is 12.5 Å². The Morgan fingerprint density at radius 2 is 2.35 bits per heavy atom. The van der Waals surface area contributed by atoms with Crippen LogP contribution in [0.3, 0.4) is 0 Å². The number of carbonyl (C=O) groups excluding carboxylic acids is 1. The summed E-state index contributed by atoms with van der Waals surface area (Å²) in [7, 11) is 3.73. The van der Waals surface area contributed by atoms with Gasteiger partial charge in [0.25, 0.3) is 0 Å². The van der Waals surface area contributed by atoms with Gasteiger partial charge in [-0.2, -0.15) is 0 Å². The first-order valence-electron chi connectivity index (χ1n) is 7.38. The van der Waals surface area contributed by atoms with Gasteiger partial charge in [0.1, 0.15) is 12.4 Å². The van der Waals surface area contributed by atoms with Crippen LogP contribution in [0.1, 0.15) is 38.4 Å². The van der Waals surface area contributed by atoms with Crippen LogP contribution < -0.4 is 0 Å². The molecule has 2 rings (SSSR count). The van der Waals surface area contributed by atoms with Gasteiger partial charge in [0, 0.05) is 26.5 Å². The lowest BCUT2D eigenvalue weighted by molar-refractivity contribution is -0.138. The molecule has 0 bridgehead atoms. The molecule has 1 fully saturated rings. The molecule has 5 heteroatoms. The van der Waals surface area contributed by atoms with E-state index in [0.717, 1.165) is 18.7 Å². The first kappa shape index (κ1) is 15.0. The monoisotopic (exact) mass is 279 g/mol. The summed E-state index contributed by atoms with van der Waals surface area (Å²) in [6.07, 6.45) is 8.54. The zero-order valence-corrected chi connectivity index (χ0v) is 12.7. The molecule has 2 atom stereocenters. The van der Waals surface area contributed by atoms with E-state index in [4.69, 9.17) is 4.74 Å². The Balaban J connectivity index is 1.75. The largest absolute Gasteiger partial charge is 0.368 e. The molecule has 112 valence electrons. The number of aromatic nitrogens is 2. The van der Waals surface area contributed by atoms with Crippen LogP contribution in [0.4, 0.5) is 0 Å². The molecule has 1 heterocycles. The smallest absolute Gasteiger partial charge is 0.248 e. The average Bonchev–Trinajstić information content (AvgIpc) is 2.81. The quantitative estimate of drug-likeness (QED) is 0.828. The van der Waals surface area contributed by atoms with Crippen molar-refractivity contribution in [1.29, 1.82) is 0 Å². The maximum atomic E-state index is 12.1. The van der Waals surface area contributed by atoms with Crippen molar-refractivity contribution in [3.63, 3.8) is 0 Å². The molecule has 1 aliphatic rings. The second-order valence-corrected chi connectivity index (χ2v) is 5.91. The number of hydrogen-bond donors (Lipinski definition) is 0. The van der Waals surface area contributed by atoms with Crippen molar-refractivity contribution in [1.82, 2.24) is 14.5 Å². The third-order valence-corrected chi connectivity index (χ3v) is 4.06. The van der Waals surface area contributed by atoms with Crippen molar-refractivity contribution in [3.05, 3.63) is 18.2 Å². The highest BCUT2D eigenvalue weighted by atomic mass is 16.5. The summed E-state index contributed by atoms with van der Waals surface area (Å²) < 4.78 is 7.69. The van der Waals surface area contributed by atoms with Crippen molar-refractivity contribution in [2.24, 2.45) is 13.0 Å². The minimum absolute atomic E-state index is 0.0197. The van der Waals surface area contributed by atoms with Crippen LogP contribution in [0, 0.1) is 5.92 Å². The van der Waals surface area contributed by atoms with Crippen LogP contribution in [-0.4, -0.2) is 40.1 Å². The lowest BCUT2D eigenvalue weighted by Crippen LogP contribution is -2.33. The molecule has 1 aromatic rings. The van der Waals surface area contributed by atoms with Gasteiger partial charge in [-0.25, -0.2) is 4.98 Å². The van der Waals surface area contributed by atoms with Gasteiger partial charge in [-0.05, 0) is 18.8 Å². The summed E-state index contributed by atoms with van der Waals surface area (Å²) in [6, 6.07) is 0. The van der Waals surface area contributed by atoms with E-state index in [1.54, 1.807) is 18.1 Å². The standard InChI is InChI=1S/C15H25N3O2/c1-12-5-4-6-13(9-12)20-11-15(19)18(3)10-14-16-7-8-17(14)2/h7-8,12-13H,4-6,9-11H2,1-3H3/t12-,13-/m0/s1. The molecule has 0 radical (unpaired) electrons. The normalized spacial score (nSPS) is 22.8. The third-order valence-electron chi connectivity index (χ3n) is 4.06. The van der Waals surface area contributed by atoms with E-state index in [9.17, 15) is 4.79 Å². The molecule has 0 unspecified atom stereocenters. The Kier molecular flexibility index (Phi) is 5.17. The summed E-state index contributed by atoms with van der Waals surface area (Å²) in [6.45, 7) is 2.95. The van der Waals surface area contributed by atoms with E-state index < -0.39 is 0 Å². The Bertz CT molecular complexity index is 444. The van der Waals surface area contributed by atoms with Crippen LogP contribution in [0.15, 0.2) is 12.4 Å². The Morgan fingerprint density at radius 1 is 1.55 bits per heavy atom. The molecule has 0 aromatic carbocycles. The van der Waals surface area contributed by atoms with Crippen LogP contribution in [0.25, 0.3) is 0 Å². The summed E-state index contributed by atoms with van der Waals surface area (Å²) >= 11 is 0. The molecule has 20 heavy (non-hydrogen) atoms. The Hall–Kier alpha value is -1.36. The Labute approximate surface area is 120 Å². The summed E-state index contributed by atoms with van der Waals surface area (Å²) in [5.41, 5.74) is 0. The third kappa shape index (κ3) is 4.07. The fraction of sp³-hybridized carbons (Fsp3) is 0.733. The molecule has 0 aliphatic heterocycles. The van der Waals surface area contributed by atoms with Gasteiger partial charge >= 0.3 is 0 Å². The zero-order valence-electron chi connectivity index (χ0n) is 12.7. The molecule has 1 aromatic heterocycles. The number of hydrogen-bond acceptors (Lipinski definition) is 3. The van der Waals surface area contributed by atoms with Crippen LogP contribution >= 0.6 is 0 Å². The highest BCUT2D eigenvalue weighted by Crippen LogP contribution is 2.25. The van der Waals surface area contributed by atoms with Crippen molar-refractivity contribution >= 4 is 5.91 Å². The van der Waals surface area contributed by atoms with Gasteiger partial charge in [-0.1, -0.05) is 19.8 Å². The van der Waals surface area contributed by atoms with Crippen molar-refractivity contribution in [2.45, 2.75) is 45.3 Å². The van der Waals surface area contributed by atoms with Crippen molar-refractivity contribution < 1.29 is 9.53 Å². The fourth-order valence-corrected chi connectivity index (χ4v) is 2.68. The lowest BCUT2D eigenvalue weighted by Gasteiger charge is -2.27. The topological polar surface area (TPSA) is 47.4 Å². The van der Waals surface area contributed by atoms with E-state index in [1.165, 1.54) is 12.8 Å². The highest BCUT2D eigenvalue weighted by Gasteiger charge is 2.21. The number of aryl methyl sites for hydroxylation is 1. The minimum atomic E-state index is 0.0197. The number of rotatable bonds is 5. The molecular formula is C15H25N3O2. The number of likely N-dealkylation sites (N-methyl/N-ethyl adjacent to an activating group) is 1. The SMILES string of the molecule is C[C@H]1CCC[C@H](OCC(=O)N(C)Cc2nccn2C)C1. The molecular weight excluding hydrogens is 254 g/mol. The minimum Gasteiger partial charge on any atom is -0.368 e. The zero-order chi connectivity index (χ0) is 14.5. The number of amides is 1. The van der Waals surface area contributed by atoms with Gasteiger partial charge in [-0.15, -0.1) is 0 Å². The second kappa shape index (κ2) is 6.88. The van der Waals surface area contributed by atoms with E-state index in [2.05, 4.69) is 11.9 Å². The van der Waals surface area contributed by atoms with Crippen molar-refractivity contribution in [3.8, 4) is 0 Å². The van der Waals surface area contributed by atoms with E-state index >= 15 is 0 Å². The van der Waals surface area contributed by atoms with Crippen LogP contribution in [-0.2, 0) is 23.1 Å². The number of carbonyl (C=O) groups is 1. The second-order valence-electron chi connectivity index (χ2n) is 5.91. The maximum absolute atomic E-state index is 12.1. The lowest BCUT2D eigenvalue weighted by atomic mass is 9.89. The summed E-state index contributed by atoms with van der Waals surface area (Å²) in [4.78, 5) is 18.0. The first-order valence-corrected chi connectivity index (χ1v) is 7.38. The van der Waals surface area contributed by atoms with Crippen LogP contribution in [0.5, 0.6) is 0 Å². The first-order chi connectivity index (χ1) is 9.56.